The molecule has 0 spiro atoms. The van der Waals surface area contributed by atoms with Gasteiger partial charge < -0.3 is 27.0 Å². The fourth-order valence-corrected chi connectivity index (χ4v) is 5.51. The zero-order valence-corrected chi connectivity index (χ0v) is 20.8. The number of benzene rings is 1. The number of amides is 3. The highest BCUT2D eigenvalue weighted by Crippen LogP contribution is 2.38. The van der Waals surface area contributed by atoms with Gasteiger partial charge in [-0.05, 0) is 56.0 Å². The third-order valence-electron chi connectivity index (χ3n) is 6.70. The third kappa shape index (κ3) is 5.76. The molecule has 6 N–H and O–H groups in total. The first-order valence-electron chi connectivity index (χ1n) is 11.7. The molecular weight excluding hydrogens is 484 g/mol. The highest BCUT2D eigenvalue weighted by atomic mass is 32.2. The molecule has 0 radical (unpaired) electrons. The van der Waals surface area contributed by atoms with Crippen LogP contribution in [0.1, 0.15) is 56.8 Å². The van der Waals surface area contributed by atoms with E-state index in [2.05, 4.69) is 20.5 Å². The Bertz CT molecular complexity index is 1270. The van der Waals surface area contributed by atoms with Crippen molar-refractivity contribution in [1.82, 2.24) is 10.3 Å². The van der Waals surface area contributed by atoms with Crippen molar-refractivity contribution in [2.24, 2.45) is 11.5 Å². The molecule has 3 heterocycles. The Morgan fingerprint density at radius 1 is 1.03 bits per heavy atom. The predicted octanol–water partition coefficient (Wildman–Crippen LogP) is 0.666. The first-order valence-corrected chi connectivity index (χ1v) is 13.8. The molecule has 1 aromatic carbocycles. The van der Waals surface area contributed by atoms with E-state index in [9.17, 15) is 22.8 Å². The van der Waals surface area contributed by atoms with E-state index in [0.717, 1.165) is 37.8 Å². The minimum absolute atomic E-state index is 0.0337. The lowest BCUT2D eigenvalue weighted by Gasteiger charge is -2.40. The maximum atomic E-state index is 13.0. The van der Waals surface area contributed by atoms with E-state index in [1.54, 1.807) is 6.07 Å². The second-order valence-corrected chi connectivity index (χ2v) is 11.6. The van der Waals surface area contributed by atoms with E-state index < -0.39 is 21.7 Å². The second-order valence-electron chi connectivity index (χ2n) is 9.38. The molecule has 11 nitrogen and oxygen atoms in total. The van der Waals surface area contributed by atoms with Crippen molar-refractivity contribution >= 4 is 39.1 Å². The van der Waals surface area contributed by atoms with E-state index in [0.29, 0.717) is 16.8 Å². The molecule has 2 aromatic rings. The SMILES string of the molecule is CS(=O)(=O)CCNc1cc(C(=O)N[C@H]2C[C@H]3CC[C@@H](C2)N3c2ccc(C(N)=O)cn2)ccc1C(N)=O. The van der Waals surface area contributed by atoms with E-state index in [-0.39, 0.29) is 41.9 Å². The minimum atomic E-state index is -3.20. The van der Waals surface area contributed by atoms with Crippen molar-refractivity contribution in [2.75, 3.05) is 28.8 Å². The van der Waals surface area contributed by atoms with Crippen LogP contribution in [0.3, 0.4) is 0 Å². The Hall–Kier alpha value is -3.67. The summed E-state index contributed by atoms with van der Waals surface area (Å²) in [6.07, 6.45) is 6.08. The van der Waals surface area contributed by atoms with Gasteiger partial charge in [0.15, 0.2) is 0 Å². The highest BCUT2D eigenvalue weighted by Gasteiger charge is 2.41. The predicted molar refractivity (Wildman–Crippen MR) is 136 cm³/mol. The van der Waals surface area contributed by atoms with Crippen LogP contribution in [0, 0.1) is 0 Å². The van der Waals surface area contributed by atoms with Crippen LogP contribution in [-0.4, -0.2) is 67.8 Å². The summed E-state index contributed by atoms with van der Waals surface area (Å²) in [6.45, 7) is 0.0838. The number of carbonyl (C=O) groups excluding carboxylic acids is 3. The molecule has 4 rings (SSSR count). The number of aromatic nitrogens is 1. The average Bonchev–Trinajstić information content (AvgIpc) is 3.08. The lowest BCUT2D eigenvalue weighted by Crippen LogP contribution is -2.50. The normalized spacial score (nSPS) is 21.1. The van der Waals surface area contributed by atoms with Crippen LogP contribution in [0.15, 0.2) is 36.5 Å². The van der Waals surface area contributed by atoms with Gasteiger partial charge in [0.25, 0.3) is 11.8 Å². The number of rotatable bonds is 9. The molecule has 2 bridgehead atoms. The zero-order chi connectivity index (χ0) is 26.0. The standard InChI is InChI=1S/C24H30N6O5S/c1-36(34,35)9-8-27-20-10-14(2-6-19(20)23(26)32)24(33)29-16-11-17-4-5-18(12-16)30(17)21-7-3-15(13-28-21)22(25)31/h2-3,6-7,10,13,16-18,27H,4-5,8-9,11-12H2,1H3,(H2,25,31)(H2,26,32)(H,29,33)/t16-,17+,18-. The molecule has 2 aliphatic heterocycles. The molecule has 12 heteroatoms. The van der Waals surface area contributed by atoms with Crippen LogP contribution >= 0.6 is 0 Å². The fourth-order valence-electron chi connectivity index (χ4n) is 5.04. The lowest BCUT2D eigenvalue weighted by atomic mass is 9.96. The van der Waals surface area contributed by atoms with Crippen molar-refractivity contribution in [3.63, 3.8) is 0 Å². The molecule has 1 aromatic heterocycles. The van der Waals surface area contributed by atoms with Crippen LogP contribution in [0.25, 0.3) is 0 Å². The number of pyridine rings is 1. The highest BCUT2D eigenvalue weighted by molar-refractivity contribution is 7.90. The fraction of sp³-hybridized carbons (Fsp3) is 0.417. The summed E-state index contributed by atoms with van der Waals surface area (Å²) in [5.41, 5.74) is 12.0. The van der Waals surface area contributed by atoms with Crippen LogP contribution in [0.5, 0.6) is 0 Å². The number of piperidine rings is 1. The topological polar surface area (TPSA) is 178 Å². The first kappa shape index (κ1) is 25.4. The summed E-state index contributed by atoms with van der Waals surface area (Å²) in [5.74, 6) is -0.798. The smallest absolute Gasteiger partial charge is 0.251 e. The minimum Gasteiger partial charge on any atom is -0.383 e. The Kier molecular flexibility index (Phi) is 7.16. The summed E-state index contributed by atoms with van der Waals surface area (Å²) < 4.78 is 22.9. The number of nitrogens with two attached hydrogens (primary N) is 2. The molecule has 2 aliphatic rings. The van der Waals surface area contributed by atoms with Gasteiger partial charge in [-0.25, -0.2) is 13.4 Å². The number of nitrogens with zero attached hydrogens (tertiary/aromatic N) is 2. The first-order chi connectivity index (χ1) is 17.0. The summed E-state index contributed by atoms with van der Waals surface area (Å²) >= 11 is 0. The largest absolute Gasteiger partial charge is 0.383 e. The monoisotopic (exact) mass is 514 g/mol. The van der Waals surface area contributed by atoms with E-state index in [1.165, 1.54) is 24.4 Å². The Morgan fingerprint density at radius 3 is 2.25 bits per heavy atom. The number of nitrogens with one attached hydrogen (secondary N) is 2. The molecule has 0 unspecified atom stereocenters. The average molecular weight is 515 g/mol. The van der Waals surface area contributed by atoms with Gasteiger partial charge in [0.1, 0.15) is 15.7 Å². The van der Waals surface area contributed by atoms with Gasteiger partial charge in [-0.15, -0.1) is 0 Å². The number of sulfone groups is 1. The molecular formula is C24H30N6O5S. The molecule has 2 saturated heterocycles. The van der Waals surface area contributed by atoms with Gasteiger partial charge in [-0.1, -0.05) is 0 Å². The van der Waals surface area contributed by atoms with Gasteiger partial charge >= 0.3 is 0 Å². The molecule has 192 valence electrons. The second kappa shape index (κ2) is 10.1. The maximum Gasteiger partial charge on any atom is 0.251 e. The van der Waals surface area contributed by atoms with Crippen molar-refractivity contribution in [2.45, 2.75) is 43.8 Å². The Labute approximate surface area is 209 Å². The molecule has 36 heavy (non-hydrogen) atoms. The van der Waals surface area contributed by atoms with E-state index in [1.807, 2.05) is 6.07 Å². The molecule has 3 amide bonds. The zero-order valence-electron chi connectivity index (χ0n) is 19.9. The van der Waals surface area contributed by atoms with Gasteiger partial charge in [0, 0.05) is 48.4 Å². The number of hydrogen-bond acceptors (Lipinski definition) is 8. The molecule has 2 fully saturated rings. The van der Waals surface area contributed by atoms with Crippen molar-refractivity contribution in [1.29, 1.82) is 0 Å². The van der Waals surface area contributed by atoms with Gasteiger partial charge in [0.2, 0.25) is 5.91 Å². The molecule has 0 saturated carbocycles. The van der Waals surface area contributed by atoms with Crippen LogP contribution in [0.4, 0.5) is 11.5 Å². The number of anilines is 2. The van der Waals surface area contributed by atoms with Gasteiger partial charge in [-0.2, -0.15) is 0 Å². The van der Waals surface area contributed by atoms with E-state index >= 15 is 0 Å². The third-order valence-corrected chi connectivity index (χ3v) is 7.65. The van der Waals surface area contributed by atoms with Crippen LogP contribution in [-0.2, 0) is 9.84 Å². The summed E-state index contributed by atoms with van der Waals surface area (Å²) in [4.78, 5) is 42.9. The van der Waals surface area contributed by atoms with Gasteiger partial charge in [-0.3, -0.25) is 14.4 Å². The number of carbonyl (C=O) groups is 3. The maximum absolute atomic E-state index is 13.0. The Balaban J connectivity index is 1.42. The van der Waals surface area contributed by atoms with Crippen molar-refractivity contribution in [3.8, 4) is 0 Å². The number of fused-ring (bicyclic) bond motifs is 2. The van der Waals surface area contributed by atoms with Crippen LogP contribution in [0.2, 0.25) is 0 Å². The van der Waals surface area contributed by atoms with Gasteiger partial charge in [0.05, 0.1) is 16.9 Å². The lowest BCUT2D eigenvalue weighted by molar-refractivity contribution is 0.0924. The van der Waals surface area contributed by atoms with Crippen molar-refractivity contribution in [3.05, 3.63) is 53.2 Å². The summed E-state index contributed by atoms with van der Waals surface area (Å²) in [7, 11) is -3.20. The molecule has 3 atom stereocenters. The quantitative estimate of drug-likeness (QED) is 0.377. The molecule has 0 aliphatic carbocycles. The Morgan fingerprint density at radius 2 is 1.69 bits per heavy atom. The number of hydrogen-bond donors (Lipinski definition) is 4. The van der Waals surface area contributed by atoms with Crippen LogP contribution < -0.4 is 27.0 Å². The summed E-state index contributed by atoms with van der Waals surface area (Å²) in [5, 5.41) is 6.01. The summed E-state index contributed by atoms with van der Waals surface area (Å²) in [6, 6.07) is 8.40. The van der Waals surface area contributed by atoms with E-state index in [4.69, 9.17) is 11.5 Å². The van der Waals surface area contributed by atoms with Crippen molar-refractivity contribution < 1.29 is 22.8 Å². The number of primary amides is 2.